The summed E-state index contributed by atoms with van der Waals surface area (Å²) in [4.78, 5) is 17.4. The number of nitrogens with zero attached hydrogens (tertiary/aromatic N) is 7. The van der Waals surface area contributed by atoms with Crippen LogP contribution in [0.15, 0.2) is 48.8 Å². The van der Waals surface area contributed by atoms with Crippen molar-refractivity contribution in [2.75, 3.05) is 0 Å². The summed E-state index contributed by atoms with van der Waals surface area (Å²) in [6.45, 7) is 8.00. The maximum absolute atomic E-state index is 5.93. The minimum Gasteiger partial charge on any atom is -0.282 e. The molecule has 0 aliphatic rings. The summed E-state index contributed by atoms with van der Waals surface area (Å²) in [5, 5.41) is 12.5. The van der Waals surface area contributed by atoms with Gasteiger partial charge in [0, 0.05) is 53.1 Å². The fourth-order valence-corrected chi connectivity index (χ4v) is 4.71. The number of aryl methyl sites for hydroxylation is 4. The molecule has 8 nitrogen and oxygen atoms in total. The first-order valence-electron chi connectivity index (χ1n) is 11.6. The van der Waals surface area contributed by atoms with E-state index in [1.807, 2.05) is 76.1 Å². The summed E-state index contributed by atoms with van der Waals surface area (Å²) < 4.78 is 1.88. The van der Waals surface area contributed by atoms with E-state index >= 15 is 0 Å². The second kappa shape index (κ2) is 9.88. The van der Waals surface area contributed by atoms with Crippen molar-refractivity contribution in [1.82, 2.24) is 39.9 Å². The number of fused-ring (bicyclic) bond motifs is 2. The Balaban J connectivity index is 0.000000152. The minimum absolute atomic E-state index is 0.474. The molecule has 0 saturated carbocycles. The van der Waals surface area contributed by atoms with Gasteiger partial charge >= 0.3 is 0 Å². The van der Waals surface area contributed by atoms with Gasteiger partial charge in [-0.25, -0.2) is 9.97 Å². The first kappa shape index (κ1) is 24.8. The molecule has 0 saturated heterocycles. The van der Waals surface area contributed by atoms with E-state index < -0.39 is 0 Å². The number of aromatic amines is 1. The van der Waals surface area contributed by atoms with Crippen molar-refractivity contribution in [3.05, 3.63) is 81.9 Å². The van der Waals surface area contributed by atoms with Crippen LogP contribution in [0, 0.1) is 27.7 Å². The lowest BCUT2D eigenvalue weighted by Gasteiger charge is -2.04. The molecule has 0 amide bonds. The van der Waals surface area contributed by atoms with Crippen molar-refractivity contribution < 1.29 is 0 Å². The number of pyridine rings is 4. The van der Waals surface area contributed by atoms with Gasteiger partial charge in [-0.05, 0) is 64.1 Å². The molecule has 6 rings (SSSR count). The number of rotatable bonds is 2. The fourth-order valence-electron chi connectivity index (χ4n) is 4.40. The standard InChI is InChI=1S/C14H13ClN4.C13H11ClN4/c1-8-14(9(2)19(3)18-8)10-6-12-11(16-7-10)4-5-13(15)17-12;1-7-13(8(2)18-17-7)9-5-11-10(15-6-9)3-4-12(14)16-11/h4-7H,1-3H3;3-6H,1-2H3,(H,17,18). The number of nitrogens with one attached hydrogen (secondary N) is 1. The molecule has 0 bridgehead atoms. The monoisotopic (exact) mass is 530 g/mol. The number of hydrogen-bond donors (Lipinski definition) is 1. The van der Waals surface area contributed by atoms with E-state index in [1.54, 1.807) is 12.1 Å². The summed E-state index contributed by atoms with van der Waals surface area (Å²) in [7, 11) is 1.94. The highest BCUT2D eigenvalue weighted by molar-refractivity contribution is 6.30. The van der Waals surface area contributed by atoms with Crippen LogP contribution in [0.25, 0.3) is 44.3 Å². The molecule has 0 aliphatic heterocycles. The summed E-state index contributed by atoms with van der Waals surface area (Å²) in [6.07, 6.45) is 3.69. The Morgan fingerprint density at radius 1 is 0.703 bits per heavy atom. The largest absolute Gasteiger partial charge is 0.282 e. The van der Waals surface area contributed by atoms with Gasteiger partial charge in [0.1, 0.15) is 10.3 Å². The molecule has 6 aromatic heterocycles. The zero-order chi connectivity index (χ0) is 26.3. The van der Waals surface area contributed by atoms with Gasteiger partial charge in [-0.3, -0.25) is 19.7 Å². The van der Waals surface area contributed by atoms with Crippen molar-refractivity contribution in [1.29, 1.82) is 0 Å². The molecule has 186 valence electrons. The predicted molar refractivity (Wildman–Crippen MR) is 148 cm³/mol. The van der Waals surface area contributed by atoms with Gasteiger partial charge in [-0.15, -0.1) is 0 Å². The van der Waals surface area contributed by atoms with Crippen LogP contribution >= 0.6 is 23.2 Å². The highest BCUT2D eigenvalue weighted by Crippen LogP contribution is 2.29. The molecule has 0 atom stereocenters. The van der Waals surface area contributed by atoms with Gasteiger partial charge < -0.3 is 0 Å². The van der Waals surface area contributed by atoms with E-state index in [4.69, 9.17) is 23.2 Å². The van der Waals surface area contributed by atoms with Gasteiger partial charge in [0.25, 0.3) is 0 Å². The van der Waals surface area contributed by atoms with Gasteiger partial charge in [0.15, 0.2) is 0 Å². The van der Waals surface area contributed by atoms with Gasteiger partial charge in [0.05, 0.1) is 33.5 Å². The van der Waals surface area contributed by atoms with E-state index in [0.29, 0.717) is 10.3 Å². The first-order valence-corrected chi connectivity index (χ1v) is 12.3. The second-order valence-electron chi connectivity index (χ2n) is 8.77. The Hall–Kier alpha value is -3.88. The average molecular weight is 531 g/mol. The molecular weight excluding hydrogens is 507 g/mol. The van der Waals surface area contributed by atoms with Crippen LogP contribution in [0.5, 0.6) is 0 Å². The molecule has 0 spiro atoms. The summed E-state index contributed by atoms with van der Waals surface area (Å²) in [5.74, 6) is 0. The quantitative estimate of drug-likeness (QED) is 0.253. The number of hydrogen-bond acceptors (Lipinski definition) is 6. The number of aromatic nitrogens is 8. The van der Waals surface area contributed by atoms with Crippen molar-refractivity contribution >= 4 is 45.3 Å². The lowest BCUT2D eigenvalue weighted by molar-refractivity contribution is 0.731. The van der Waals surface area contributed by atoms with E-state index in [9.17, 15) is 0 Å². The highest BCUT2D eigenvalue weighted by atomic mass is 35.5. The van der Waals surface area contributed by atoms with Crippen LogP contribution in [0.4, 0.5) is 0 Å². The maximum atomic E-state index is 5.93. The Kier molecular flexibility index (Phi) is 6.62. The third-order valence-electron chi connectivity index (χ3n) is 6.22. The van der Waals surface area contributed by atoms with E-state index in [-0.39, 0.29) is 0 Å². The SMILES string of the molecule is Cc1n[nH]c(C)c1-c1cnc2ccc(Cl)nc2c1.Cc1nn(C)c(C)c1-c1cnc2ccc(Cl)nc2c1. The fraction of sp³-hybridized carbons (Fsp3) is 0.185. The van der Waals surface area contributed by atoms with E-state index in [0.717, 1.165) is 67.1 Å². The van der Waals surface area contributed by atoms with Crippen LogP contribution in [0.2, 0.25) is 10.3 Å². The number of H-pyrrole nitrogens is 1. The van der Waals surface area contributed by atoms with Crippen LogP contribution in [-0.2, 0) is 7.05 Å². The van der Waals surface area contributed by atoms with Crippen LogP contribution < -0.4 is 0 Å². The molecular formula is C27H24Cl2N8. The van der Waals surface area contributed by atoms with Crippen LogP contribution in [0.3, 0.4) is 0 Å². The highest BCUT2D eigenvalue weighted by Gasteiger charge is 2.13. The third kappa shape index (κ3) is 4.90. The third-order valence-corrected chi connectivity index (χ3v) is 6.64. The summed E-state index contributed by atoms with van der Waals surface area (Å²) >= 11 is 11.8. The molecule has 6 heterocycles. The van der Waals surface area contributed by atoms with E-state index in [1.165, 1.54) is 0 Å². The molecule has 0 radical (unpaired) electrons. The Morgan fingerprint density at radius 2 is 1.24 bits per heavy atom. The van der Waals surface area contributed by atoms with Crippen LogP contribution in [-0.4, -0.2) is 39.9 Å². The molecule has 10 heteroatoms. The van der Waals surface area contributed by atoms with Crippen molar-refractivity contribution in [3.8, 4) is 22.3 Å². The predicted octanol–water partition coefficient (Wildman–Crippen LogP) is 6.59. The van der Waals surface area contributed by atoms with Crippen molar-refractivity contribution in [2.24, 2.45) is 7.05 Å². The molecule has 0 aromatic carbocycles. The molecule has 1 N–H and O–H groups in total. The normalized spacial score (nSPS) is 11.1. The zero-order valence-electron chi connectivity index (χ0n) is 21.0. The van der Waals surface area contributed by atoms with Gasteiger partial charge in [-0.1, -0.05) is 23.2 Å². The lowest BCUT2D eigenvalue weighted by Crippen LogP contribution is -1.93. The topological polar surface area (TPSA) is 98.1 Å². The molecule has 0 fully saturated rings. The minimum atomic E-state index is 0.474. The molecule has 37 heavy (non-hydrogen) atoms. The summed E-state index contributed by atoms with van der Waals surface area (Å²) in [5.41, 5.74) is 11.5. The lowest BCUT2D eigenvalue weighted by atomic mass is 10.1. The van der Waals surface area contributed by atoms with Crippen molar-refractivity contribution in [3.63, 3.8) is 0 Å². The average Bonchev–Trinajstić information content (AvgIpc) is 3.34. The Morgan fingerprint density at radius 3 is 1.70 bits per heavy atom. The zero-order valence-corrected chi connectivity index (χ0v) is 22.5. The maximum Gasteiger partial charge on any atom is 0.129 e. The van der Waals surface area contributed by atoms with Crippen LogP contribution in [0.1, 0.15) is 22.8 Å². The smallest absolute Gasteiger partial charge is 0.129 e. The molecule has 0 aliphatic carbocycles. The van der Waals surface area contributed by atoms with Gasteiger partial charge in [-0.2, -0.15) is 10.2 Å². The second-order valence-corrected chi connectivity index (χ2v) is 9.55. The van der Waals surface area contributed by atoms with E-state index in [2.05, 4.69) is 35.2 Å². The molecule has 6 aromatic rings. The molecule has 0 unspecified atom stereocenters. The Labute approximate surface area is 223 Å². The van der Waals surface area contributed by atoms with Crippen molar-refractivity contribution in [2.45, 2.75) is 27.7 Å². The Bertz CT molecular complexity index is 1750. The first-order chi connectivity index (χ1) is 17.7. The number of halogens is 2. The van der Waals surface area contributed by atoms with Gasteiger partial charge in [0.2, 0.25) is 0 Å². The summed E-state index contributed by atoms with van der Waals surface area (Å²) in [6, 6.07) is 11.2.